The van der Waals surface area contributed by atoms with Gasteiger partial charge in [0, 0.05) is 23.5 Å². The van der Waals surface area contributed by atoms with Crippen LogP contribution in [0.5, 0.6) is 0 Å². The fourth-order valence-electron chi connectivity index (χ4n) is 2.24. The molecule has 0 fully saturated rings. The molecule has 0 saturated carbocycles. The van der Waals surface area contributed by atoms with Crippen LogP contribution in [0.15, 0.2) is 59.7 Å². The number of hydrogen-bond donors (Lipinski definition) is 2. The Morgan fingerprint density at radius 2 is 1.77 bits per heavy atom. The molecule has 2 N–H and O–H groups in total. The van der Waals surface area contributed by atoms with Crippen molar-refractivity contribution in [1.29, 1.82) is 0 Å². The maximum absolute atomic E-state index is 12.2. The Kier molecular flexibility index (Phi) is 7.32. The van der Waals surface area contributed by atoms with Gasteiger partial charge in [0.2, 0.25) is 5.91 Å². The van der Waals surface area contributed by atoms with Crippen molar-refractivity contribution in [2.75, 3.05) is 12.4 Å². The minimum atomic E-state index is -0.768. The van der Waals surface area contributed by atoms with E-state index in [1.807, 2.05) is 18.2 Å². The van der Waals surface area contributed by atoms with E-state index in [-0.39, 0.29) is 12.3 Å². The number of amides is 2. The molecule has 2 aromatic rings. The molecule has 0 unspecified atom stereocenters. The van der Waals surface area contributed by atoms with Crippen molar-refractivity contribution in [3.05, 3.63) is 65.2 Å². The second-order valence-electron chi connectivity index (χ2n) is 5.58. The van der Waals surface area contributed by atoms with Crippen LogP contribution in [0.2, 0.25) is 5.02 Å². The van der Waals surface area contributed by atoms with E-state index in [2.05, 4.69) is 15.8 Å². The van der Waals surface area contributed by atoms with E-state index in [9.17, 15) is 9.59 Å². The van der Waals surface area contributed by atoms with E-state index in [0.29, 0.717) is 16.4 Å². The summed E-state index contributed by atoms with van der Waals surface area (Å²) in [7, 11) is 1.45. The number of methoxy groups -OCH3 is 1. The first-order valence-electron chi connectivity index (χ1n) is 7.95. The third-order valence-electron chi connectivity index (χ3n) is 3.48. The van der Waals surface area contributed by atoms with Gasteiger partial charge in [-0.25, -0.2) is 5.43 Å². The Bertz CT molecular complexity index is 776. The minimum absolute atomic E-state index is 0.0475. The summed E-state index contributed by atoms with van der Waals surface area (Å²) in [6.07, 6.45) is -0.720. The Morgan fingerprint density at radius 3 is 2.38 bits per heavy atom. The third-order valence-corrected chi connectivity index (χ3v) is 3.73. The number of carbonyl (C=O) groups is 2. The van der Waals surface area contributed by atoms with Crippen LogP contribution in [0.3, 0.4) is 0 Å². The Labute approximate surface area is 157 Å². The number of anilines is 1. The van der Waals surface area contributed by atoms with Crippen LogP contribution in [0, 0.1) is 0 Å². The first-order chi connectivity index (χ1) is 12.5. The molecular weight excluding hydrogens is 354 g/mol. The predicted molar refractivity (Wildman–Crippen MR) is 102 cm³/mol. The molecule has 26 heavy (non-hydrogen) atoms. The number of ether oxygens (including phenoxy) is 1. The van der Waals surface area contributed by atoms with Crippen LogP contribution < -0.4 is 10.7 Å². The van der Waals surface area contributed by atoms with Gasteiger partial charge < -0.3 is 10.1 Å². The number of hydrazone groups is 1. The van der Waals surface area contributed by atoms with Gasteiger partial charge in [-0.1, -0.05) is 41.9 Å². The fraction of sp³-hybridized carbons (Fsp3) is 0.211. The Morgan fingerprint density at radius 1 is 1.12 bits per heavy atom. The lowest BCUT2D eigenvalue weighted by Crippen LogP contribution is -2.28. The average Bonchev–Trinajstić information content (AvgIpc) is 2.63. The highest BCUT2D eigenvalue weighted by molar-refractivity contribution is 6.30. The number of hydrogen-bond acceptors (Lipinski definition) is 4. The number of carbonyl (C=O) groups excluding carboxylic acids is 2. The molecule has 2 amide bonds. The molecule has 0 saturated heterocycles. The van der Waals surface area contributed by atoms with Crippen molar-refractivity contribution < 1.29 is 14.3 Å². The van der Waals surface area contributed by atoms with Gasteiger partial charge in [0.05, 0.1) is 6.42 Å². The van der Waals surface area contributed by atoms with E-state index in [4.69, 9.17) is 16.3 Å². The monoisotopic (exact) mass is 373 g/mol. The van der Waals surface area contributed by atoms with Gasteiger partial charge in [-0.2, -0.15) is 5.10 Å². The molecule has 0 radical (unpaired) electrons. The van der Waals surface area contributed by atoms with Crippen molar-refractivity contribution in [2.45, 2.75) is 19.4 Å². The summed E-state index contributed by atoms with van der Waals surface area (Å²) in [4.78, 5) is 24.2. The van der Waals surface area contributed by atoms with Gasteiger partial charge in [-0.3, -0.25) is 9.59 Å². The minimum Gasteiger partial charge on any atom is -0.367 e. The maximum atomic E-state index is 12.2. The Hall–Kier alpha value is -2.70. The van der Waals surface area contributed by atoms with Crippen molar-refractivity contribution in [2.24, 2.45) is 5.10 Å². The van der Waals surface area contributed by atoms with E-state index >= 15 is 0 Å². The molecule has 0 bridgehead atoms. The van der Waals surface area contributed by atoms with Crippen molar-refractivity contribution in [3.63, 3.8) is 0 Å². The van der Waals surface area contributed by atoms with Crippen LogP contribution in [0.25, 0.3) is 0 Å². The van der Waals surface area contributed by atoms with Gasteiger partial charge in [0.15, 0.2) is 6.10 Å². The largest absolute Gasteiger partial charge is 0.367 e. The van der Waals surface area contributed by atoms with Crippen LogP contribution in [-0.4, -0.2) is 24.6 Å². The lowest BCUT2D eigenvalue weighted by molar-refractivity contribution is -0.131. The molecule has 0 spiro atoms. The zero-order chi connectivity index (χ0) is 18.9. The second kappa shape index (κ2) is 9.70. The fourth-order valence-corrected chi connectivity index (χ4v) is 2.37. The molecule has 0 aliphatic heterocycles. The smallest absolute Gasteiger partial charge is 0.273 e. The molecule has 0 heterocycles. The van der Waals surface area contributed by atoms with Crippen LogP contribution in [-0.2, 0) is 14.3 Å². The molecule has 0 aliphatic rings. The van der Waals surface area contributed by atoms with Gasteiger partial charge >= 0.3 is 0 Å². The van der Waals surface area contributed by atoms with Crippen LogP contribution in [0.4, 0.5) is 5.69 Å². The molecule has 2 aromatic carbocycles. The van der Waals surface area contributed by atoms with Gasteiger partial charge in [-0.05, 0) is 36.8 Å². The van der Waals surface area contributed by atoms with Gasteiger partial charge in [0.1, 0.15) is 0 Å². The maximum Gasteiger partial charge on any atom is 0.273 e. The topological polar surface area (TPSA) is 79.8 Å². The zero-order valence-electron chi connectivity index (χ0n) is 14.5. The number of nitrogens with one attached hydrogen (secondary N) is 2. The summed E-state index contributed by atoms with van der Waals surface area (Å²) in [5.41, 5.74) is 4.26. The zero-order valence-corrected chi connectivity index (χ0v) is 15.3. The number of halogens is 1. The lowest BCUT2D eigenvalue weighted by Gasteiger charge is -2.14. The highest BCUT2D eigenvalue weighted by Crippen LogP contribution is 2.16. The van der Waals surface area contributed by atoms with E-state index < -0.39 is 12.0 Å². The highest BCUT2D eigenvalue weighted by Gasteiger charge is 2.19. The standard InChI is InChI=1S/C19H20ClN3O3/c1-13(12-17(24)21-16-10-8-15(20)9-11-16)22-23-19(25)18(26-2)14-6-4-3-5-7-14/h3-11,18H,12H2,1-2H3,(H,21,24)(H,23,25)/b22-13-/t18-/m1/s1. The van der Waals surface area contributed by atoms with Gasteiger partial charge in [0.25, 0.3) is 5.91 Å². The van der Waals surface area contributed by atoms with E-state index in [0.717, 1.165) is 5.56 Å². The molecule has 136 valence electrons. The number of rotatable bonds is 7. The molecule has 7 heteroatoms. The first kappa shape index (κ1) is 19.6. The lowest BCUT2D eigenvalue weighted by atomic mass is 10.1. The summed E-state index contributed by atoms with van der Waals surface area (Å²) in [5.74, 6) is -0.648. The number of benzene rings is 2. The van der Waals surface area contributed by atoms with Crippen molar-refractivity contribution >= 4 is 34.8 Å². The summed E-state index contributed by atoms with van der Waals surface area (Å²) < 4.78 is 5.23. The van der Waals surface area contributed by atoms with E-state index in [1.54, 1.807) is 43.3 Å². The normalized spacial score (nSPS) is 12.3. The van der Waals surface area contributed by atoms with Crippen LogP contribution in [0.1, 0.15) is 25.0 Å². The molecule has 0 aromatic heterocycles. The van der Waals surface area contributed by atoms with Crippen LogP contribution >= 0.6 is 11.6 Å². The summed E-state index contributed by atoms with van der Waals surface area (Å²) >= 11 is 5.80. The summed E-state index contributed by atoms with van der Waals surface area (Å²) in [6, 6.07) is 15.9. The molecule has 6 nitrogen and oxygen atoms in total. The van der Waals surface area contributed by atoms with Crippen molar-refractivity contribution in [3.8, 4) is 0 Å². The predicted octanol–water partition coefficient (Wildman–Crippen LogP) is 3.55. The van der Waals surface area contributed by atoms with Gasteiger partial charge in [-0.15, -0.1) is 0 Å². The molecular formula is C19H20ClN3O3. The highest BCUT2D eigenvalue weighted by atomic mass is 35.5. The quantitative estimate of drug-likeness (QED) is 0.575. The second-order valence-corrected chi connectivity index (χ2v) is 6.02. The molecule has 2 rings (SSSR count). The molecule has 0 aliphatic carbocycles. The molecule has 1 atom stereocenters. The average molecular weight is 374 g/mol. The summed E-state index contributed by atoms with van der Waals surface area (Å²) in [5, 5.41) is 7.29. The Balaban J connectivity index is 1.89. The third kappa shape index (κ3) is 5.98. The SMILES string of the molecule is CO[C@@H](C(=O)N/N=C(/C)CC(=O)Nc1ccc(Cl)cc1)c1ccccc1. The van der Waals surface area contributed by atoms with E-state index in [1.165, 1.54) is 7.11 Å². The first-order valence-corrected chi connectivity index (χ1v) is 8.33. The van der Waals surface area contributed by atoms with Crippen molar-refractivity contribution in [1.82, 2.24) is 5.43 Å². The number of nitrogens with zero attached hydrogens (tertiary/aromatic N) is 1. The summed E-state index contributed by atoms with van der Waals surface area (Å²) in [6.45, 7) is 1.66.